The molecule has 168 valence electrons. The Morgan fingerprint density at radius 2 is 1.97 bits per heavy atom. The number of alkyl carbamates (subject to hydrolysis) is 1. The first-order valence-electron chi connectivity index (χ1n) is 10.4. The van der Waals surface area contributed by atoms with Crippen molar-refractivity contribution < 1.29 is 14.3 Å². The Bertz CT molecular complexity index is 845. The number of nitrogens with one attached hydrogen (secondary N) is 1. The van der Waals surface area contributed by atoms with Gasteiger partial charge >= 0.3 is 6.09 Å². The fourth-order valence-electron chi connectivity index (χ4n) is 2.70. The highest BCUT2D eigenvalue weighted by Gasteiger charge is 2.17. The van der Waals surface area contributed by atoms with Crippen molar-refractivity contribution in [1.82, 2.24) is 24.8 Å². The van der Waals surface area contributed by atoms with Crippen LogP contribution in [0.5, 0.6) is 0 Å². The number of aromatic nitrogens is 4. The lowest BCUT2D eigenvalue weighted by Gasteiger charge is -2.19. The van der Waals surface area contributed by atoms with E-state index in [1.165, 1.54) is 0 Å². The van der Waals surface area contributed by atoms with Gasteiger partial charge in [0.1, 0.15) is 22.8 Å². The molecule has 0 radical (unpaired) electrons. The molecule has 0 bridgehead atoms. The first-order chi connectivity index (χ1) is 13.9. The third-order valence-electron chi connectivity index (χ3n) is 4.22. The summed E-state index contributed by atoms with van der Waals surface area (Å²) < 4.78 is 13.9. The number of carbonyl (C=O) groups excluding carboxylic acids is 1. The van der Waals surface area contributed by atoms with E-state index >= 15 is 0 Å². The maximum absolute atomic E-state index is 11.7. The van der Waals surface area contributed by atoms with E-state index in [1.54, 1.807) is 6.20 Å². The average Bonchev–Trinajstić information content (AvgIpc) is 2.92. The van der Waals surface area contributed by atoms with Crippen molar-refractivity contribution in [3.05, 3.63) is 16.6 Å². The Hall–Kier alpha value is -1.52. The number of hydrogen-bond acceptors (Lipinski definition) is 6. The van der Waals surface area contributed by atoms with Gasteiger partial charge < -0.3 is 14.8 Å². The maximum Gasteiger partial charge on any atom is 0.407 e. The highest BCUT2D eigenvalue weighted by atomic mass is 79.9. The topological polar surface area (TPSA) is 91.2 Å². The second-order valence-corrected chi connectivity index (χ2v) is 16.0. The van der Waals surface area contributed by atoms with Crippen LogP contribution >= 0.6 is 15.9 Å². The molecule has 0 unspecified atom stereocenters. The number of rotatable bonds is 10. The highest BCUT2D eigenvalue weighted by Crippen LogP contribution is 2.17. The van der Waals surface area contributed by atoms with E-state index in [-0.39, 0.29) is 6.09 Å². The molecular weight excluding hydrogens is 466 g/mol. The lowest BCUT2D eigenvalue weighted by Crippen LogP contribution is -2.33. The summed E-state index contributed by atoms with van der Waals surface area (Å²) in [4.78, 5) is 25.3. The minimum atomic E-state index is -1.14. The molecule has 0 saturated heterocycles. The van der Waals surface area contributed by atoms with Gasteiger partial charge in [0.2, 0.25) is 0 Å². The van der Waals surface area contributed by atoms with Crippen LogP contribution in [0.25, 0.3) is 11.3 Å². The van der Waals surface area contributed by atoms with Gasteiger partial charge in [-0.15, -0.1) is 0 Å². The first-order valence-corrected chi connectivity index (χ1v) is 14.9. The van der Waals surface area contributed by atoms with Crippen molar-refractivity contribution in [2.75, 3.05) is 13.2 Å². The Morgan fingerprint density at radius 1 is 1.23 bits per heavy atom. The molecule has 2 heterocycles. The van der Waals surface area contributed by atoms with Crippen LogP contribution in [0.3, 0.4) is 0 Å². The van der Waals surface area contributed by atoms with Crippen molar-refractivity contribution in [2.24, 2.45) is 0 Å². The Morgan fingerprint density at radius 3 is 2.63 bits per heavy atom. The van der Waals surface area contributed by atoms with Gasteiger partial charge in [0.15, 0.2) is 11.3 Å². The molecule has 0 spiro atoms. The minimum absolute atomic E-state index is 0.385. The van der Waals surface area contributed by atoms with Crippen molar-refractivity contribution >= 4 is 41.4 Å². The lowest BCUT2D eigenvalue weighted by molar-refractivity contribution is 0.0527. The number of aryl methyl sites for hydroxylation is 1. The summed E-state index contributed by atoms with van der Waals surface area (Å²) in [5.74, 6) is 0.897. The predicted molar refractivity (Wildman–Crippen MR) is 124 cm³/mol. The van der Waals surface area contributed by atoms with Crippen LogP contribution in [-0.4, -0.2) is 52.4 Å². The third kappa shape index (κ3) is 8.69. The molecule has 0 aromatic carbocycles. The van der Waals surface area contributed by atoms with E-state index in [0.29, 0.717) is 23.5 Å². The van der Waals surface area contributed by atoms with Gasteiger partial charge in [-0.05, 0) is 55.6 Å². The molecule has 2 aromatic rings. The SMILES string of the molecule is CC(C)(C)OC(=O)NCCCCc1nc2nc(Br)cnc2n1COCC[Si](C)(C)C. The summed E-state index contributed by atoms with van der Waals surface area (Å²) in [6.07, 6.45) is 3.74. The van der Waals surface area contributed by atoms with E-state index in [0.717, 1.165) is 43.4 Å². The molecule has 0 fully saturated rings. The van der Waals surface area contributed by atoms with E-state index in [9.17, 15) is 4.79 Å². The molecule has 0 aliphatic rings. The standard InChI is InChI=1S/C20H34BrN5O3Si/c1-20(2,3)29-19(27)22-10-8-7-9-16-25-17-18(23-13-15(21)24-17)26(16)14-28-11-12-30(4,5)6/h13H,7-12,14H2,1-6H3,(H,22,27). The van der Waals surface area contributed by atoms with Gasteiger partial charge in [0.05, 0.1) is 6.20 Å². The van der Waals surface area contributed by atoms with Gasteiger partial charge in [-0.25, -0.2) is 19.7 Å². The predicted octanol–water partition coefficient (Wildman–Crippen LogP) is 4.75. The van der Waals surface area contributed by atoms with Crippen LogP contribution < -0.4 is 5.32 Å². The van der Waals surface area contributed by atoms with Crippen molar-refractivity contribution in [1.29, 1.82) is 0 Å². The summed E-state index contributed by atoms with van der Waals surface area (Å²) >= 11 is 3.36. The Balaban J connectivity index is 1.92. The number of unbranched alkanes of at least 4 members (excludes halogenated alkanes) is 1. The van der Waals surface area contributed by atoms with Gasteiger partial charge in [-0.3, -0.25) is 4.57 Å². The summed E-state index contributed by atoms with van der Waals surface area (Å²) in [5.41, 5.74) is 0.853. The molecular formula is C20H34BrN5O3Si. The number of ether oxygens (including phenoxy) is 2. The fourth-order valence-corrected chi connectivity index (χ4v) is 3.72. The zero-order chi connectivity index (χ0) is 22.4. The number of fused-ring (bicyclic) bond motifs is 1. The second-order valence-electron chi connectivity index (χ2n) is 9.53. The van der Waals surface area contributed by atoms with E-state index in [1.807, 2.05) is 25.3 Å². The monoisotopic (exact) mass is 499 g/mol. The van der Waals surface area contributed by atoms with E-state index in [2.05, 4.69) is 55.8 Å². The van der Waals surface area contributed by atoms with Crippen LogP contribution in [0.2, 0.25) is 25.7 Å². The largest absolute Gasteiger partial charge is 0.444 e. The summed E-state index contributed by atoms with van der Waals surface area (Å²) in [5, 5.41) is 2.79. The molecule has 10 heteroatoms. The lowest BCUT2D eigenvalue weighted by atomic mass is 10.2. The maximum atomic E-state index is 11.7. The molecule has 1 N–H and O–H groups in total. The number of hydrogen-bond donors (Lipinski definition) is 1. The second kappa shape index (κ2) is 10.7. The van der Waals surface area contributed by atoms with Gasteiger partial charge in [0.25, 0.3) is 0 Å². The molecule has 1 amide bonds. The molecule has 0 saturated carbocycles. The molecule has 0 atom stereocenters. The van der Waals surface area contributed by atoms with Crippen LogP contribution in [0.4, 0.5) is 4.79 Å². The molecule has 0 aliphatic carbocycles. The molecule has 0 aliphatic heterocycles. The fraction of sp³-hybridized carbons (Fsp3) is 0.700. The minimum Gasteiger partial charge on any atom is -0.444 e. The van der Waals surface area contributed by atoms with Gasteiger partial charge in [-0.2, -0.15) is 0 Å². The summed E-state index contributed by atoms with van der Waals surface area (Å²) in [7, 11) is -1.14. The number of imidazole rings is 1. The smallest absolute Gasteiger partial charge is 0.407 e. The molecule has 2 rings (SSSR count). The van der Waals surface area contributed by atoms with Crippen molar-refractivity contribution in [2.45, 2.75) is 78.1 Å². The Labute approximate surface area is 188 Å². The van der Waals surface area contributed by atoms with Crippen molar-refractivity contribution in [3.63, 3.8) is 0 Å². The van der Waals surface area contributed by atoms with Gasteiger partial charge in [-0.1, -0.05) is 19.6 Å². The third-order valence-corrected chi connectivity index (χ3v) is 6.31. The zero-order valence-corrected chi connectivity index (χ0v) is 21.5. The molecule has 30 heavy (non-hydrogen) atoms. The van der Waals surface area contributed by atoms with Crippen LogP contribution in [0, 0.1) is 0 Å². The van der Waals surface area contributed by atoms with E-state index in [4.69, 9.17) is 9.47 Å². The van der Waals surface area contributed by atoms with Crippen LogP contribution in [0.1, 0.15) is 39.4 Å². The van der Waals surface area contributed by atoms with Crippen LogP contribution in [0.15, 0.2) is 10.8 Å². The number of nitrogens with zero attached hydrogens (tertiary/aromatic N) is 4. The zero-order valence-electron chi connectivity index (χ0n) is 18.9. The Kier molecular flexibility index (Phi) is 8.81. The highest BCUT2D eigenvalue weighted by molar-refractivity contribution is 9.10. The normalized spacial score (nSPS) is 12.4. The number of carbonyl (C=O) groups is 1. The van der Waals surface area contributed by atoms with E-state index < -0.39 is 13.7 Å². The number of amides is 1. The van der Waals surface area contributed by atoms with Crippen molar-refractivity contribution in [3.8, 4) is 0 Å². The first kappa shape index (κ1) is 24.7. The molecule has 8 nitrogen and oxygen atoms in total. The summed E-state index contributed by atoms with van der Waals surface area (Å²) in [6, 6.07) is 1.11. The average molecular weight is 501 g/mol. The van der Waals surface area contributed by atoms with Gasteiger partial charge in [0, 0.05) is 27.6 Å². The number of halogens is 1. The summed E-state index contributed by atoms with van der Waals surface area (Å²) in [6.45, 7) is 14.3. The molecule has 2 aromatic heterocycles. The van der Waals surface area contributed by atoms with Crippen LogP contribution in [-0.2, 0) is 22.6 Å². The quantitative estimate of drug-likeness (QED) is 0.374.